The minimum atomic E-state index is -1.33. The number of nitrogens with one attached hydrogen (secondary N) is 2. The lowest BCUT2D eigenvalue weighted by Crippen LogP contribution is -2.35. The lowest BCUT2D eigenvalue weighted by molar-refractivity contribution is 0.144. The second-order valence-corrected chi connectivity index (χ2v) is 7.67. The minimum absolute atomic E-state index is 0.130. The van der Waals surface area contributed by atoms with Crippen molar-refractivity contribution in [2.75, 3.05) is 18.4 Å². The normalized spacial score (nSPS) is 12.7. The zero-order valence-electron chi connectivity index (χ0n) is 17.1. The van der Waals surface area contributed by atoms with Crippen LogP contribution in [0.25, 0.3) is 11.1 Å². The van der Waals surface area contributed by atoms with Crippen LogP contribution in [0.3, 0.4) is 0 Å². The minimum Gasteiger partial charge on any atom is -0.449 e. The Morgan fingerprint density at radius 2 is 1.74 bits per heavy atom. The smallest absolute Gasteiger partial charge is 0.449 e. The molecule has 0 radical (unpaired) electrons. The lowest BCUT2D eigenvalue weighted by atomic mass is 10.0. The Balaban J connectivity index is 1.52. The number of anilines is 1. The summed E-state index contributed by atoms with van der Waals surface area (Å²) in [5, 5.41) is 26.3. The van der Waals surface area contributed by atoms with E-state index in [1.54, 1.807) is 24.3 Å². The van der Waals surface area contributed by atoms with Crippen LogP contribution < -0.4 is 15.4 Å². The predicted molar refractivity (Wildman–Crippen MR) is 123 cm³/mol. The number of aliphatic hydroxyl groups excluding tert-OH is 1. The molecule has 0 saturated carbocycles. The maximum Gasteiger partial charge on any atom is 0.511 e. The average molecular weight is 441 g/mol. The molecule has 0 aliphatic rings. The standard InChI is InChI=1S/C24H25ClN2O4/c1-16(26-15-23(28)19-5-2-6-20(25)12-19)14-27-21-7-3-4-18(13-21)17-8-10-22(11-9-17)31-24(29)30/h2-13,16,23,26-28H,14-15H2,1H3,(H,29,30)/t16-,23+/m1/s1. The molecule has 6 nitrogen and oxygen atoms in total. The van der Waals surface area contributed by atoms with Gasteiger partial charge in [-0.15, -0.1) is 0 Å². The summed E-state index contributed by atoms with van der Waals surface area (Å²) in [6.45, 7) is 3.15. The fraction of sp³-hybridized carbons (Fsp3) is 0.208. The van der Waals surface area contributed by atoms with Crippen LogP contribution in [0, 0.1) is 0 Å². The summed E-state index contributed by atoms with van der Waals surface area (Å²) < 4.78 is 4.64. The Hall–Kier alpha value is -3.06. The molecule has 0 aliphatic heterocycles. The molecule has 0 aliphatic carbocycles. The summed E-state index contributed by atoms with van der Waals surface area (Å²) in [5.74, 6) is 0.283. The first-order valence-electron chi connectivity index (χ1n) is 9.93. The first-order valence-corrected chi connectivity index (χ1v) is 10.3. The number of benzene rings is 3. The number of aliphatic hydroxyl groups is 1. The van der Waals surface area contributed by atoms with Crippen molar-refractivity contribution in [1.82, 2.24) is 5.32 Å². The van der Waals surface area contributed by atoms with E-state index in [4.69, 9.17) is 16.7 Å². The Morgan fingerprint density at radius 3 is 2.45 bits per heavy atom. The molecular weight excluding hydrogens is 416 g/mol. The highest BCUT2D eigenvalue weighted by atomic mass is 35.5. The topological polar surface area (TPSA) is 90.8 Å². The summed E-state index contributed by atoms with van der Waals surface area (Å²) >= 11 is 5.98. The van der Waals surface area contributed by atoms with Crippen molar-refractivity contribution in [3.05, 3.63) is 83.4 Å². The van der Waals surface area contributed by atoms with Crippen LogP contribution in [0.2, 0.25) is 5.02 Å². The van der Waals surface area contributed by atoms with Crippen LogP contribution in [0.5, 0.6) is 5.75 Å². The number of halogens is 1. The zero-order chi connectivity index (χ0) is 22.2. The fourth-order valence-corrected chi connectivity index (χ4v) is 3.31. The van der Waals surface area contributed by atoms with E-state index >= 15 is 0 Å². The van der Waals surface area contributed by atoms with Crippen LogP contribution in [-0.4, -0.2) is 35.5 Å². The number of carbonyl (C=O) groups is 1. The van der Waals surface area contributed by atoms with E-state index in [1.165, 1.54) is 0 Å². The van der Waals surface area contributed by atoms with Crippen molar-refractivity contribution in [3.8, 4) is 16.9 Å². The zero-order valence-corrected chi connectivity index (χ0v) is 17.8. The van der Waals surface area contributed by atoms with Crippen LogP contribution in [-0.2, 0) is 0 Å². The third-order valence-electron chi connectivity index (χ3n) is 4.76. The molecule has 3 aromatic carbocycles. The van der Waals surface area contributed by atoms with E-state index in [0.29, 0.717) is 18.1 Å². The maximum atomic E-state index is 10.6. The first-order chi connectivity index (χ1) is 14.9. The van der Waals surface area contributed by atoms with Gasteiger partial charge in [-0.2, -0.15) is 0 Å². The van der Waals surface area contributed by atoms with Crippen LogP contribution in [0.4, 0.5) is 10.5 Å². The largest absolute Gasteiger partial charge is 0.511 e. The van der Waals surface area contributed by atoms with Gasteiger partial charge in [0.05, 0.1) is 6.10 Å². The van der Waals surface area contributed by atoms with Crippen molar-refractivity contribution >= 4 is 23.4 Å². The molecule has 162 valence electrons. The van der Waals surface area contributed by atoms with E-state index in [-0.39, 0.29) is 11.8 Å². The maximum absolute atomic E-state index is 10.6. The van der Waals surface area contributed by atoms with Gasteiger partial charge in [0.25, 0.3) is 0 Å². The summed E-state index contributed by atoms with van der Waals surface area (Å²) in [7, 11) is 0. The molecule has 0 amide bonds. The van der Waals surface area contributed by atoms with Gasteiger partial charge in [0, 0.05) is 29.8 Å². The van der Waals surface area contributed by atoms with Gasteiger partial charge in [0.1, 0.15) is 5.75 Å². The second-order valence-electron chi connectivity index (χ2n) is 7.23. The van der Waals surface area contributed by atoms with Gasteiger partial charge in [-0.1, -0.05) is 48.0 Å². The molecule has 0 bridgehead atoms. The Morgan fingerprint density at radius 1 is 1.00 bits per heavy atom. The molecular formula is C24H25ClN2O4. The summed E-state index contributed by atoms with van der Waals surface area (Å²) in [6, 6.07) is 22.2. The Bertz CT molecular complexity index is 1010. The van der Waals surface area contributed by atoms with Gasteiger partial charge in [-0.3, -0.25) is 0 Å². The van der Waals surface area contributed by atoms with Crippen LogP contribution in [0.1, 0.15) is 18.6 Å². The van der Waals surface area contributed by atoms with Crippen molar-refractivity contribution in [3.63, 3.8) is 0 Å². The molecule has 2 atom stereocenters. The Labute approximate surface area is 186 Å². The molecule has 7 heteroatoms. The lowest BCUT2D eigenvalue weighted by Gasteiger charge is -2.19. The number of rotatable bonds is 9. The van der Waals surface area contributed by atoms with E-state index in [1.807, 2.05) is 55.5 Å². The van der Waals surface area contributed by atoms with Crippen molar-refractivity contribution < 1.29 is 19.7 Å². The van der Waals surface area contributed by atoms with E-state index in [0.717, 1.165) is 22.4 Å². The fourth-order valence-electron chi connectivity index (χ4n) is 3.11. The molecule has 0 saturated heterocycles. The van der Waals surface area contributed by atoms with Gasteiger partial charge in [-0.25, -0.2) is 4.79 Å². The van der Waals surface area contributed by atoms with Crippen molar-refractivity contribution in [1.29, 1.82) is 0 Å². The van der Waals surface area contributed by atoms with E-state index < -0.39 is 12.3 Å². The molecule has 0 fully saturated rings. The predicted octanol–water partition coefficient (Wildman–Crippen LogP) is 5.19. The number of hydrogen-bond donors (Lipinski definition) is 4. The van der Waals surface area contributed by atoms with E-state index in [9.17, 15) is 9.90 Å². The van der Waals surface area contributed by atoms with Gasteiger partial charge in [0.2, 0.25) is 0 Å². The molecule has 0 aromatic heterocycles. The molecule has 0 spiro atoms. The Kier molecular flexibility index (Phi) is 7.89. The molecule has 3 aromatic rings. The van der Waals surface area contributed by atoms with Crippen LogP contribution in [0.15, 0.2) is 72.8 Å². The number of carboxylic acid groups (broad SMARTS) is 1. The SMILES string of the molecule is C[C@H](CNc1cccc(-c2ccc(OC(=O)O)cc2)c1)NC[C@H](O)c1cccc(Cl)c1. The van der Waals surface area contributed by atoms with Gasteiger partial charge in [-0.05, 0) is 60.0 Å². The molecule has 0 unspecified atom stereocenters. The highest BCUT2D eigenvalue weighted by molar-refractivity contribution is 6.30. The summed E-state index contributed by atoms with van der Waals surface area (Å²) in [6.07, 6.45) is -1.96. The van der Waals surface area contributed by atoms with Crippen molar-refractivity contribution in [2.24, 2.45) is 0 Å². The third kappa shape index (κ3) is 7.00. The van der Waals surface area contributed by atoms with Gasteiger partial charge < -0.3 is 25.6 Å². The highest BCUT2D eigenvalue weighted by Gasteiger charge is 2.10. The molecule has 31 heavy (non-hydrogen) atoms. The molecule has 3 rings (SSSR count). The summed E-state index contributed by atoms with van der Waals surface area (Å²) in [5.41, 5.74) is 3.71. The quantitative estimate of drug-likeness (QED) is 0.270. The van der Waals surface area contributed by atoms with Gasteiger partial charge >= 0.3 is 6.16 Å². The second kappa shape index (κ2) is 10.8. The highest BCUT2D eigenvalue weighted by Crippen LogP contribution is 2.25. The third-order valence-corrected chi connectivity index (χ3v) is 5.00. The number of ether oxygens (including phenoxy) is 1. The van der Waals surface area contributed by atoms with Crippen LogP contribution >= 0.6 is 11.6 Å². The monoisotopic (exact) mass is 440 g/mol. The summed E-state index contributed by atoms with van der Waals surface area (Å²) in [4.78, 5) is 10.6. The first kappa shape index (κ1) is 22.6. The average Bonchev–Trinajstić information content (AvgIpc) is 2.76. The van der Waals surface area contributed by atoms with Crippen molar-refractivity contribution in [2.45, 2.75) is 19.1 Å². The number of hydrogen-bond acceptors (Lipinski definition) is 5. The van der Waals surface area contributed by atoms with E-state index in [2.05, 4.69) is 15.4 Å². The molecule has 0 heterocycles. The van der Waals surface area contributed by atoms with Gasteiger partial charge in [0.15, 0.2) is 0 Å². The molecule has 4 N–H and O–H groups in total.